The van der Waals surface area contributed by atoms with Gasteiger partial charge in [0, 0.05) is 39.8 Å². The van der Waals surface area contributed by atoms with Crippen LogP contribution >= 0.6 is 0 Å². The Balaban J connectivity index is 1.58. The topological polar surface area (TPSA) is 51.1 Å². The van der Waals surface area contributed by atoms with Crippen LogP contribution in [0.1, 0.15) is 11.1 Å². The van der Waals surface area contributed by atoms with E-state index in [9.17, 15) is 18.3 Å². The molecule has 0 aromatic heterocycles. The van der Waals surface area contributed by atoms with Crippen molar-refractivity contribution in [1.82, 2.24) is 10.2 Å². The second-order valence-electron chi connectivity index (χ2n) is 6.56. The highest BCUT2D eigenvalue weighted by molar-refractivity contribution is 5.80. The molecule has 0 amide bonds. The molecule has 0 atom stereocenters. The summed E-state index contributed by atoms with van der Waals surface area (Å²) in [4.78, 5) is 8.42. The number of halogens is 3. The Morgan fingerprint density at radius 1 is 1.07 bits per heavy atom. The van der Waals surface area contributed by atoms with Crippen molar-refractivity contribution in [2.75, 3.05) is 38.1 Å². The van der Waals surface area contributed by atoms with Gasteiger partial charge in [-0.1, -0.05) is 24.3 Å². The first-order chi connectivity index (χ1) is 13.4. The molecule has 1 saturated heterocycles. The van der Waals surface area contributed by atoms with E-state index < -0.39 is 11.7 Å². The zero-order chi connectivity index (χ0) is 20.1. The first kappa shape index (κ1) is 19.9. The van der Waals surface area contributed by atoms with E-state index in [2.05, 4.69) is 20.1 Å². The molecule has 28 heavy (non-hydrogen) atoms. The molecular formula is C20H23F3N4O. The molecular weight excluding hydrogens is 369 g/mol. The van der Waals surface area contributed by atoms with Crippen molar-refractivity contribution >= 4 is 11.6 Å². The minimum atomic E-state index is -4.35. The molecule has 0 unspecified atom stereocenters. The van der Waals surface area contributed by atoms with Crippen molar-refractivity contribution < 1.29 is 18.3 Å². The molecule has 2 N–H and O–H groups in total. The Morgan fingerprint density at radius 3 is 2.43 bits per heavy atom. The van der Waals surface area contributed by atoms with Gasteiger partial charge in [0.05, 0.1) is 11.3 Å². The molecule has 1 aliphatic rings. The molecule has 0 spiro atoms. The average Bonchev–Trinajstić information content (AvgIpc) is 2.69. The van der Waals surface area contributed by atoms with Crippen molar-refractivity contribution in [3.05, 3.63) is 59.7 Å². The van der Waals surface area contributed by atoms with Gasteiger partial charge >= 0.3 is 6.18 Å². The lowest BCUT2D eigenvalue weighted by Crippen LogP contribution is -2.52. The summed E-state index contributed by atoms with van der Waals surface area (Å²) in [6.45, 7) is 3.06. The van der Waals surface area contributed by atoms with Gasteiger partial charge in [0.15, 0.2) is 5.96 Å². The van der Waals surface area contributed by atoms with Crippen molar-refractivity contribution in [2.24, 2.45) is 4.99 Å². The predicted octanol–water partition coefficient (Wildman–Crippen LogP) is 3.31. The van der Waals surface area contributed by atoms with Crippen LogP contribution in [0.3, 0.4) is 0 Å². The molecule has 5 nitrogen and oxygen atoms in total. The first-order valence-electron chi connectivity index (χ1n) is 9.03. The van der Waals surface area contributed by atoms with Crippen LogP contribution < -0.4 is 10.2 Å². The quantitative estimate of drug-likeness (QED) is 0.622. The Labute approximate surface area is 162 Å². The van der Waals surface area contributed by atoms with Gasteiger partial charge in [-0.25, -0.2) is 0 Å². The van der Waals surface area contributed by atoms with Crippen molar-refractivity contribution in [3.63, 3.8) is 0 Å². The van der Waals surface area contributed by atoms with Crippen LogP contribution in [0.5, 0.6) is 5.75 Å². The molecule has 0 bridgehead atoms. The highest BCUT2D eigenvalue weighted by Crippen LogP contribution is 2.29. The number of aliphatic imine (C=N–C) groups is 1. The number of nitrogens with zero attached hydrogens (tertiary/aromatic N) is 3. The number of hydrogen-bond donors (Lipinski definition) is 2. The molecule has 0 radical (unpaired) electrons. The average molecular weight is 392 g/mol. The number of hydrogen-bond acceptors (Lipinski definition) is 3. The van der Waals surface area contributed by atoms with E-state index >= 15 is 0 Å². The van der Waals surface area contributed by atoms with E-state index in [-0.39, 0.29) is 12.3 Å². The van der Waals surface area contributed by atoms with Crippen LogP contribution in [0, 0.1) is 0 Å². The number of aromatic hydroxyl groups is 1. The van der Waals surface area contributed by atoms with Crippen LogP contribution in [0.25, 0.3) is 0 Å². The summed E-state index contributed by atoms with van der Waals surface area (Å²) >= 11 is 0. The van der Waals surface area contributed by atoms with Gasteiger partial charge in [-0.05, 0) is 29.8 Å². The Hall–Kier alpha value is -2.90. The number of benzene rings is 2. The van der Waals surface area contributed by atoms with Crippen LogP contribution in [-0.2, 0) is 12.7 Å². The third kappa shape index (κ3) is 4.68. The molecule has 3 rings (SSSR count). The highest BCUT2D eigenvalue weighted by Gasteiger charge is 2.30. The molecule has 150 valence electrons. The fraction of sp³-hybridized carbons (Fsp3) is 0.350. The van der Waals surface area contributed by atoms with E-state index in [0.29, 0.717) is 37.7 Å². The molecule has 2 aromatic rings. The Bertz CT molecular complexity index is 830. The molecule has 0 aliphatic carbocycles. The fourth-order valence-electron chi connectivity index (χ4n) is 3.26. The van der Waals surface area contributed by atoms with Gasteiger partial charge in [0.1, 0.15) is 5.75 Å². The maximum absolute atomic E-state index is 12.9. The van der Waals surface area contributed by atoms with Gasteiger partial charge < -0.3 is 20.2 Å². The summed E-state index contributed by atoms with van der Waals surface area (Å²) in [5.74, 6) is 0.900. The number of para-hydroxylation sites is 2. The third-order valence-corrected chi connectivity index (χ3v) is 4.72. The second-order valence-corrected chi connectivity index (χ2v) is 6.56. The SMILES string of the molecule is CN=C(NCc1cccc(C(F)(F)F)c1)N1CCN(c2ccccc2O)CC1. The summed E-state index contributed by atoms with van der Waals surface area (Å²) in [7, 11) is 1.66. The van der Waals surface area contributed by atoms with Crippen LogP contribution in [0.2, 0.25) is 0 Å². The number of anilines is 1. The summed E-state index contributed by atoms with van der Waals surface area (Å²) in [6.07, 6.45) is -4.35. The van der Waals surface area contributed by atoms with Gasteiger partial charge in [-0.2, -0.15) is 13.2 Å². The largest absolute Gasteiger partial charge is 0.506 e. The smallest absolute Gasteiger partial charge is 0.416 e. The van der Waals surface area contributed by atoms with E-state index in [4.69, 9.17) is 0 Å². The van der Waals surface area contributed by atoms with Gasteiger partial charge in [0.25, 0.3) is 0 Å². The summed E-state index contributed by atoms with van der Waals surface area (Å²) < 4.78 is 38.6. The second kappa shape index (κ2) is 8.41. The molecule has 1 fully saturated rings. The van der Waals surface area contributed by atoms with Gasteiger partial charge in [-0.15, -0.1) is 0 Å². The standard InChI is InChI=1S/C20H23F3N4O/c1-24-19(25-14-15-5-4-6-16(13-15)20(21,22)23)27-11-9-26(10-12-27)17-7-2-3-8-18(17)28/h2-8,13,28H,9-12,14H2,1H3,(H,24,25). The molecule has 1 heterocycles. The zero-order valence-corrected chi connectivity index (χ0v) is 15.6. The van der Waals surface area contributed by atoms with E-state index in [1.165, 1.54) is 6.07 Å². The monoisotopic (exact) mass is 392 g/mol. The molecule has 0 saturated carbocycles. The third-order valence-electron chi connectivity index (χ3n) is 4.72. The fourth-order valence-corrected chi connectivity index (χ4v) is 3.26. The van der Waals surface area contributed by atoms with Gasteiger partial charge in [-0.3, -0.25) is 4.99 Å². The van der Waals surface area contributed by atoms with Crippen LogP contribution in [-0.4, -0.2) is 49.2 Å². The summed E-state index contributed by atoms with van der Waals surface area (Å²) in [6, 6.07) is 12.5. The maximum Gasteiger partial charge on any atom is 0.416 e. The lowest BCUT2D eigenvalue weighted by Gasteiger charge is -2.37. The first-order valence-corrected chi connectivity index (χ1v) is 9.03. The van der Waals surface area contributed by atoms with Crippen LogP contribution in [0.15, 0.2) is 53.5 Å². The van der Waals surface area contributed by atoms with E-state index in [1.54, 1.807) is 25.2 Å². The van der Waals surface area contributed by atoms with Crippen LogP contribution in [0.4, 0.5) is 18.9 Å². The minimum Gasteiger partial charge on any atom is -0.506 e. The molecule has 2 aromatic carbocycles. The lowest BCUT2D eigenvalue weighted by molar-refractivity contribution is -0.137. The maximum atomic E-state index is 12.9. The van der Waals surface area contributed by atoms with Crippen molar-refractivity contribution in [1.29, 1.82) is 0 Å². The highest BCUT2D eigenvalue weighted by atomic mass is 19.4. The summed E-state index contributed by atoms with van der Waals surface area (Å²) in [5.41, 5.74) is 0.691. The predicted molar refractivity (Wildman–Crippen MR) is 104 cm³/mol. The number of nitrogens with one attached hydrogen (secondary N) is 1. The number of alkyl halides is 3. The van der Waals surface area contributed by atoms with Crippen molar-refractivity contribution in [2.45, 2.75) is 12.7 Å². The number of phenolic OH excluding ortho intramolecular Hbond substituents is 1. The van der Waals surface area contributed by atoms with E-state index in [1.807, 2.05) is 12.1 Å². The molecule has 1 aliphatic heterocycles. The zero-order valence-electron chi connectivity index (χ0n) is 15.6. The Kier molecular flexibility index (Phi) is 5.96. The molecule has 8 heteroatoms. The van der Waals surface area contributed by atoms with E-state index in [0.717, 1.165) is 17.8 Å². The minimum absolute atomic E-state index is 0.253. The number of piperazine rings is 1. The number of guanidine groups is 1. The summed E-state index contributed by atoms with van der Waals surface area (Å²) in [5, 5.41) is 13.1. The van der Waals surface area contributed by atoms with Crippen molar-refractivity contribution in [3.8, 4) is 5.75 Å². The van der Waals surface area contributed by atoms with Gasteiger partial charge in [0.2, 0.25) is 0 Å². The Morgan fingerprint density at radius 2 is 1.79 bits per heavy atom. The lowest BCUT2D eigenvalue weighted by atomic mass is 10.1. The number of phenols is 1. The number of rotatable bonds is 3. The normalized spacial score (nSPS) is 15.6.